The van der Waals surface area contributed by atoms with Crippen molar-refractivity contribution in [2.24, 2.45) is 0 Å². The number of nitrogens with two attached hydrogens (primary N) is 1. The van der Waals surface area contributed by atoms with Gasteiger partial charge in [0.25, 0.3) is 0 Å². The molecule has 0 aliphatic rings. The first-order valence-corrected chi connectivity index (χ1v) is 7.08. The van der Waals surface area contributed by atoms with Crippen LogP contribution in [0.3, 0.4) is 0 Å². The Morgan fingerprint density at radius 3 is 2.90 bits per heavy atom. The molecule has 6 heteroatoms. The molecule has 0 bridgehead atoms. The summed E-state index contributed by atoms with van der Waals surface area (Å²) in [5, 5.41) is 3.25. The summed E-state index contributed by atoms with van der Waals surface area (Å²) in [6.45, 7) is 3.00. The van der Waals surface area contributed by atoms with E-state index in [2.05, 4.69) is 27.2 Å². The van der Waals surface area contributed by atoms with E-state index in [4.69, 9.17) is 5.73 Å². The summed E-state index contributed by atoms with van der Waals surface area (Å²) in [4.78, 5) is 12.9. The topological polar surface area (TPSA) is 81.7 Å². The lowest BCUT2D eigenvalue weighted by Crippen LogP contribution is -2.10. The van der Waals surface area contributed by atoms with Crippen LogP contribution in [0.1, 0.15) is 19.8 Å². The lowest BCUT2D eigenvalue weighted by Gasteiger charge is -2.11. The van der Waals surface area contributed by atoms with Gasteiger partial charge < -0.3 is 11.1 Å². The van der Waals surface area contributed by atoms with Crippen molar-refractivity contribution in [2.75, 3.05) is 17.6 Å². The summed E-state index contributed by atoms with van der Waals surface area (Å²) in [5.41, 5.74) is 8.64. The number of nitrogens with zero attached hydrogens (tertiary/aromatic N) is 4. The molecule has 2 heterocycles. The Balaban J connectivity index is 2.00. The average Bonchev–Trinajstić information content (AvgIpc) is 2.93. The first-order valence-electron chi connectivity index (χ1n) is 7.08. The van der Waals surface area contributed by atoms with Crippen LogP contribution in [0.5, 0.6) is 0 Å². The van der Waals surface area contributed by atoms with Gasteiger partial charge in [0, 0.05) is 6.54 Å². The smallest absolute Gasteiger partial charge is 0.167 e. The number of aromatic nitrogens is 4. The molecule has 3 aromatic rings. The highest BCUT2D eigenvalue weighted by Crippen LogP contribution is 2.24. The molecule has 3 N–H and O–H groups in total. The second-order valence-electron chi connectivity index (χ2n) is 4.84. The first-order chi connectivity index (χ1) is 10.3. The van der Waals surface area contributed by atoms with Crippen molar-refractivity contribution in [3.8, 4) is 5.82 Å². The van der Waals surface area contributed by atoms with Gasteiger partial charge in [0.05, 0.1) is 11.0 Å². The number of nitrogens with one attached hydrogen (secondary N) is 1. The standard InChI is InChI=1S/C15H18N6/c1-2-3-8-17-14-13(16)15(19-9-18-14)21-10-20-11-6-4-5-7-12(11)21/h4-7,9-10H,2-3,8,16H2,1H3,(H,17,18,19). The van der Waals surface area contributed by atoms with E-state index >= 15 is 0 Å². The number of imidazole rings is 1. The minimum absolute atomic E-state index is 0.539. The van der Waals surface area contributed by atoms with E-state index in [0.717, 1.165) is 30.4 Å². The number of benzene rings is 1. The second kappa shape index (κ2) is 5.78. The number of anilines is 2. The number of para-hydroxylation sites is 2. The molecule has 0 aliphatic heterocycles. The van der Waals surface area contributed by atoms with Crippen molar-refractivity contribution in [3.05, 3.63) is 36.9 Å². The molecule has 0 saturated carbocycles. The van der Waals surface area contributed by atoms with Crippen LogP contribution in [0.25, 0.3) is 16.9 Å². The zero-order valence-electron chi connectivity index (χ0n) is 12.0. The fourth-order valence-corrected chi connectivity index (χ4v) is 2.23. The summed E-state index contributed by atoms with van der Waals surface area (Å²) in [6, 6.07) is 7.89. The SMILES string of the molecule is CCCCNc1ncnc(-n2cnc3ccccc32)c1N. The molecule has 0 atom stereocenters. The Morgan fingerprint density at radius 1 is 1.19 bits per heavy atom. The lowest BCUT2D eigenvalue weighted by molar-refractivity contribution is 0.830. The van der Waals surface area contributed by atoms with Crippen molar-refractivity contribution in [2.45, 2.75) is 19.8 Å². The van der Waals surface area contributed by atoms with Gasteiger partial charge in [0.15, 0.2) is 11.6 Å². The molecule has 108 valence electrons. The van der Waals surface area contributed by atoms with Crippen LogP contribution in [0.15, 0.2) is 36.9 Å². The normalized spacial score (nSPS) is 10.9. The van der Waals surface area contributed by atoms with Gasteiger partial charge in [-0.2, -0.15) is 0 Å². The van der Waals surface area contributed by atoms with Crippen LogP contribution in [0, 0.1) is 0 Å². The van der Waals surface area contributed by atoms with Crippen LogP contribution in [-0.2, 0) is 0 Å². The molecular formula is C15H18N6. The van der Waals surface area contributed by atoms with Crippen molar-refractivity contribution in [3.63, 3.8) is 0 Å². The van der Waals surface area contributed by atoms with E-state index in [-0.39, 0.29) is 0 Å². The molecule has 0 unspecified atom stereocenters. The van der Waals surface area contributed by atoms with Gasteiger partial charge >= 0.3 is 0 Å². The van der Waals surface area contributed by atoms with Gasteiger partial charge in [-0.15, -0.1) is 0 Å². The van der Waals surface area contributed by atoms with Crippen LogP contribution in [0.4, 0.5) is 11.5 Å². The van der Waals surface area contributed by atoms with E-state index in [1.807, 2.05) is 28.8 Å². The third-order valence-electron chi connectivity index (χ3n) is 3.37. The Hall–Kier alpha value is -2.63. The molecule has 0 amide bonds. The number of hydrogen-bond donors (Lipinski definition) is 2. The van der Waals surface area contributed by atoms with Crippen LogP contribution in [-0.4, -0.2) is 26.1 Å². The fourth-order valence-electron chi connectivity index (χ4n) is 2.23. The zero-order valence-corrected chi connectivity index (χ0v) is 12.0. The summed E-state index contributed by atoms with van der Waals surface area (Å²) >= 11 is 0. The van der Waals surface area contributed by atoms with Gasteiger partial charge in [-0.05, 0) is 18.6 Å². The van der Waals surface area contributed by atoms with E-state index in [0.29, 0.717) is 17.3 Å². The highest BCUT2D eigenvalue weighted by Gasteiger charge is 2.12. The molecular weight excluding hydrogens is 264 g/mol. The largest absolute Gasteiger partial charge is 0.393 e. The van der Waals surface area contributed by atoms with Crippen LogP contribution < -0.4 is 11.1 Å². The third-order valence-corrected chi connectivity index (χ3v) is 3.37. The van der Waals surface area contributed by atoms with Crippen LogP contribution in [0.2, 0.25) is 0 Å². The van der Waals surface area contributed by atoms with Gasteiger partial charge in [-0.3, -0.25) is 4.57 Å². The van der Waals surface area contributed by atoms with Crippen molar-refractivity contribution < 1.29 is 0 Å². The molecule has 0 fully saturated rings. The van der Waals surface area contributed by atoms with Gasteiger partial charge in [0.2, 0.25) is 0 Å². The predicted octanol–water partition coefficient (Wildman–Crippen LogP) is 2.61. The molecule has 6 nitrogen and oxygen atoms in total. The summed E-state index contributed by atoms with van der Waals surface area (Å²) in [5.74, 6) is 1.32. The summed E-state index contributed by atoms with van der Waals surface area (Å²) < 4.78 is 1.89. The Morgan fingerprint density at radius 2 is 2.05 bits per heavy atom. The van der Waals surface area contributed by atoms with E-state index in [1.165, 1.54) is 6.33 Å². The average molecular weight is 282 g/mol. The minimum atomic E-state index is 0.539. The Kier molecular flexibility index (Phi) is 3.68. The van der Waals surface area contributed by atoms with E-state index in [9.17, 15) is 0 Å². The Labute approximate surface area is 123 Å². The minimum Gasteiger partial charge on any atom is -0.393 e. The molecule has 2 aromatic heterocycles. The molecule has 0 saturated heterocycles. The quantitative estimate of drug-likeness (QED) is 0.703. The fraction of sp³-hybridized carbons (Fsp3) is 0.267. The van der Waals surface area contributed by atoms with Crippen LogP contribution >= 0.6 is 0 Å². The molecule has 0 aliphatic carbocycles. The maximum absolute atomic E-state index is 6.21. The molecule has 21 heavy (non-hydrogen) atoms. The van der Waals surface area contributed by atoms with Gasteiger partial charge in [0.1, 0.15) is 18.3 Å². The number of fused-ring (bicyclic) bond motifs is 1. The monoisotopic (exact) mass is 282 g/mol. The first kappa shape index (κ1) is 13.4. The maximum atomic E-state index is 6.21. The predicted molar refractivity (Wildman–Crippen MR) is 84.5 cm³/mol. The van der Waals surface area contributed by atoms with Crippen molar-refractivity contribution in [1.82, 2.24) is 19.5 Å². The molecule has 1 aromatic carbocycles. The maximum Gasteiger partial charge on any atom is 0.167 e. The van der Waals surface area contributed by atoms with Crippen molar-refractivity contribution >= 4 is 22.5 Å². The highest BCUT2D eigenvalue weighted by molar-refractivity contribution is 5.80. The Bertz CT molecular complexity index is 749. The lowest BCUT2D eigenvalue weighted by atomic mass is 10.3. The number of hydrogen-bond acceptors (Lipinski definition) is 5. The second-order valence-corrected chi connectivity index (χ2v) is 4.84. The van der Waals surface area contributed by atoms with Crippen molar-refractivity contribution in [1.29, 1.82) is 0 Å². The van der Waals surface area contributed by atoms with Gasteiger partial charge in [-0.1, -0.05) is 25.5 Å². The van der Waals surface area contributed by atoms with Gasteiger partial charge in [-0.25, -0.2) is 15.0 Å². The molecule has 3 rings (SSSR count). The zero-order chi connectivity index (χ0) is 14.7. The summed E-state index contributed by atoms with van der Waals surface area (Å²) in [7, 11) is 0. The number of unbranched alkanes of at least 4 members (excludes halogenated alkanes) is 1. The number of rotatable bonds is 5. The van der Waals surface area contributed by atoms with E-state index in [1.54, 1.807) is 6.33 Å². The highest BCUT2D eigenvalue weighted by atomic mass is 15.2. The number of nitrogen functional groups attached to an aromatic ring is 1. The molecule has 0 radical (unpaired) electrons. The third kappa shape index (κ3) is 2.52. The summed E-state index contributed by atoms with van der Waals surface area (Å²) in [6.07, 6.45) is 5.46. The molecule has 0 spiro atoms. The van der Waals surface area contributed by atoms with E-state index < -0.39 is 0 Å².